The molecular weight excluding hydrogens is 517 g/mol. The third kappa shape index (κ3) is 6.37. The van der Waals surface area contributed by atoms with E-state index < -0.39 is 11.7 Å². The molecule has 0 unspecified atom stereocenters. The van der Waals surface area contributed by atoms with E-state index >= 15 is 0 Å². The van der Waals surface area contributed by atoms with Crippen LogP contribution < -0.4 is 10.7 Å². The molecule has 5 aromatic rings. The average molecular weight is 547 g/mol. The van der Waals surface area contributed by atoms with E-state index in [0.717, 1.165) is 48.1 Å². The van der Waals surface area contributed by atoms with Gasteiger partial charge in [0, 0.05) is 18.5 Å². The molecule has 40 heavy (non-hydrogen) atoms. The number of imidazole rings is 1. The van der Waals surface area contributed by atoms with Crippen molar-refractivity contribution in [3.63, 3.8) is 0 Å². The van der Waals surface area contributed by atoms with Gasteiger partial charge >= 0.3 is 6.18 Å². The molecule has 0 bridgehead atoms. The second-order valence-electron chi connectivity index (χ2n) is 9.61. The second-order valence-corrected chi connectivity index (χ2v) is 9.61. The quantitative estimate of drug-likeness (QED) is 0.130. The smallest absolute Gasteiger partial charge is 0.369 e. The standard InChI is InChI=1S/C29H29F3N8/c1-39(2)16-8-15-33-27-22-11-3-4-12-23(22)36-28(37-27)38-34-18-26-35-24-13-5-6-14-25(24)40(26)19-20-9-7-10-21(17-20)29(30,31)32/h3-7,9-14,17-18H,8,15-16,19H2,1-2H3,(H2,33,36,37,38)/b34-18+. The molecule has 0 aliphatic carbocycles. The summed E-state index contributed by atoms with van der Waals surface area (Å²) >= 11 is 0. The van der Waals surface area contributed by atoms with Crippen molar-refractivity contribution in [3.05, 3.63) is 89.7 Å². The summed E-state index contributed by atoms with van der Waals surface area (Å²) in [6, 6.07) is 20.5. The number of fused-ring (bicyclic) bond motifs is 2. The highest BCUT2D eigenvalue weighted by Crippen LogP contribution is 2.30. The lowest BCUT2D eigenvalue weighted by molar-refractivity contribution is -0.137. The predicted octanol–water partition coefficient (Wildman–Crippen LogP) is 5.86. The van der Waals surface area contributed by atoms with Crippen molar-refractivity contribution in [3.8, 4) is 0 Å². The molecule has 0 aliphatic heterocycles. The molecule has 0 saturated heterocycles. The zero-order valence-corrected chi connectivity index (χ0v) is 22.2. The molecule has 5 rings (SSSR count). The third-order valence-corrected chi connectivity index (χ3v) is 6.30. The predicted molar refractivity (Wildman–Crippen MR) is 153 cm³/mol. The lowest BCUT2D eigenvalue weighted by Crippen LogP contribution is -2.17. The topological polar surface area (TPSA) is 83.3 Å². The number of aromatic nitrogens is 4. The van der Waals surface area contributed by atoms with Crippen LogP contribution in [0.4, 0.5) is 24.9 Å². The number of benzene rings is 3. The van der Waals surface area contributed by atoms with Crippen molar-refractivity contribution in [1.82, 2.24) is 24.4 Å². The van der Waals surface area contributed by atoms with Gasteiger partial charge in [0.1, 0.15) is 5.82 Å². The van der Waals surface area contributed by atoms with Crippen LogP contribution >= 0.6 is 0 Å². The minimum absolute atomic E-state index is 0.194. The number of hydrogen-bond acceptors (Lipinski definition) is 7. The fourth-order valence-corrected chi connectivity index (χ4v) is 4.40. The molecule has 0 radical (unpaired) electrons. The molecule has 0 aliphatic rings. The molecule has 0 spiro atoms. The molecule has 0 fully saturated rings. The van der Waals surface area contributed by atoms with Crippen molar-refractivity contribution in [2.45, 2.75) is 19.1 Å². The number of halogens is 3. The maximum atomic E-state index is 13.3. The maximum absolute atomic E-state index is 13.3. The first-order valence-electron chi connectivity index (χ1n) is 12.8. The van der Waals surface area contributed by atoms with Gasteiger partial charge in [-0.15, -0.1) is 0 Å². The van der Waals surface area contributed by atoms with Crippen LogP contribution in [0.2, 0.25) is 0 Å². The summed E-state index contributed by atoms with van der Waals surface area (Å²) in [7, 11) is 4.07. The van der Waals surface area contributed by atoms with Crippen molar-refractivity contribution >= 4 is 39.9 Å². The minimum atomic E-state index is -4.42. The number of hydrazone groups is 1. The van der Waals surface area contributed by atoms with E-state index in [4.69, 9.17) is 0 Å². The zero-order valence-electron chi connectivity index (χ0n) is 22.2. The van der Waals surface area contributed by atoms with Gasteiger partial charge in [-0.25, -0.2) is 15.4 Å². The molecule has 2 heterocycles. The minimum Gasteiger partial charge on any atom is -0.369 e. The van der Waals surface area contributed by atoms with Crippen molar-refractivity contribution < 1.29 is 13.2 Å². The lowest BCUT2D eigenvalue weighted by Gasteiger charge is -2.12. The number of para-hydroxylation sites is 3. The van der Waals surface area contributed by atoms with Gasteiger partial charge in [0.05, 0.1) is 28.3 Å². The van der Waals surface area contributed by atoms with Gasteiger partial charge < -0.3 is 14.8 Å². The summed E-state index contributed by atoms with van der Waals surface area (Å²) in [5.74, 6) is 1.50. The largest absolute Gasteiger partial charge is 0.416 e. The highest BCUT2D eigenvalue weighted by molar-refractivity contribution is 5.90. The van der Waals surface area contributed by atoms with Gasteiger partial charge in [-0.3, -0.25) is 0 Å². The van der Waals surface area contributed by atoms with Crippen molar-refractivity contribution in [2.24, 2.45) is 5.10 Å². The van der Waals surface area contributed by atoms with E-state index in [1.165, 1.54) is 12.3 Å². The summed E-state index contributed by atoms with van der Waals surface area (Å²) in [5.41, 5.74) is 4.97. The first-order chi connectivity index (χ1) is 19.3. The van der Waals surface area contributed by atoms with Crippen LogP contribution in [0.15, 0.2) is 77.9 Å². The van der Waals surface area contributed by atoms with Gasteiger partial charge in [0.25, 0.3) is 0 Å². The van der Waals surface area contributed by atoms with E-state index in [-0.39, 0.29) is 6.54 Å². The molecule has 8 nitrogen and oxygen atoms in total. The third-order valence-electron chi connectivity index (χ3n) is 6.30. The Balaban J connectivity index is 1.40. The van der Waals surface area contributed by atoms with Gasteiger partial charge in [-0.1, -0.05) is 36.4 Å². The molecule has 11 heteroatoms. The number of nitrogens with zero attached hydrogens (tertiary/aromatic N) is 6. The Hall–Kier alpha value is -4.51. The van der Waals surface area contributed by atoms with Crippen LogP contribution in [0.3, 0.4) is 0 Å². The summed E-state index contributed by atoms with van der Waals surface area (Å²) in [6.07, 6.45) is -1.94. The van der Waals surface area contributed by atoms with Gasteiger partial charge in [0.15, 0.2) is 5.82 Å². The molecule has 2 N–H and O–H groups in total. The Bertz CT molecular complexity index is 1640. The van der Waals surface area contributed by atoms with E-state index in [9.17, 15) is 13.2 Å². The first kappa shape index (κ1) is 27.1. The van der Waals surface area contributed by atoms with Crippen LogP contribution in [0.1, 0.15) is 23.4 Å². The van der Waals surface area contributed by atoms with Crippen LogP contribution in [0, 0.1) is 0 Å². The molecule has 206 valence electrons. The van der Waals surface area contributed by atoms with Crippen molar-refractivity contribution in [1.29, 1.82) is 0 Å². The van der Waals surface area contributed by atoms with E-state index in [1.807, 2.05) is 67.2 Å². The summed E-state index contributed by atoms with van der Waals surface area (Å²) in [6.45, 7) is 1.90. The summed E-state index contributed by atoms with van der Waals surface area (Å²) in [4.78, 5) is 16.0. The van der Waals surface area contributed by atoms with E-state index in [2.05, 4.69) is 35.7 Å². The van der Waals surface area contributed by atoms with Crippen LogP contribution in [-0.4, -0.2) is 57.8 Å². The second kappa shape index (κ2) is 11.7. The Morgan fingerprint density at radius 2 is 1.70 bits per heavy atom. The number of alkyl halides is 3. The summed E-state index contributed by atoms with van der Waals surface area (Å²) < 4.78 is 41.7. The van der Waals surface area contributed by atoms with Gasteiger partial charge in [-0.2, -0.15) is 23.3 Å². The number of nitrogens with one attached hydrogen (secondary N) is 2. The molecular formula is C29H29F3N8. The average Bonchev–Trinajstić information content (AvgIpc) is 3.27. The fraction of sp³-hybridized carbons (Fsp3) is 0.241. The van der Waals surface area contributed by atoms with Crippen LogP contribution in [0.25, 0.3) is 21.9 Å². The van der Waals surface area contributed by atoms with E-state index in [0.29, 0.717) is 28.7 Å². The summed E-state index contributed by atoms with van der Waals surface area (Å²) in [5, 5.41) is 8.64. The van der Waals surface area contributed by atoms with Gasteiger partial charge in [-0.05, 0) is 69.0 Å². The Morgan fingerprint density at radius 3 is 2.50 bits per heavy atom. The maximum Gasteiger partial charge on any atom is 0.416 e. The van der Waals surface area contributed by atoms with Crippen LogP contribution in [0.5, 0.6) is 0 Å². The molecule has 0 amide bonds. The van der Waals surface area contributed by atoms with Crippen molar-refractivity contribution in [2.75, 3.05) is 37.9 Å². The molecule has 0 atom stereocenters. The molecule has 0 saturated carbocycles. The first-order valence-corrected chi connectivity index (χ1v) is 12.8. The number of anilines is 2. The SMILES string of the molecule is CN(C)CCCNc1nc(N/N=C/c2nc3ccccc3n2Cc2cccc(C(F)(F)F)c2)nc2ccccc12. The Kier molecular flexibility index (Phi) is 7.92. The molecule has 3 aromatic carbocycles. The Labute approximate surface area is 229 Å². The lowest BCUT2D eigenvalue weighted by atomic mass is 10.1. The van der Waals surface area contributed by atoms with Crippen LogP contribution in [-0.2, 0) is 12.7 Å². The highest BCUT2D eigenvalue weighted by atomic mass is 19.4. The Morgan fingerprint density at radius 1 is 0.925 bits per heavy atom. The van der Waals surface area contributed by atoms with Gasteiger partial charge in [0.2, 0.25) is 5.95 Å². The number of rotatable bonds is 10. The highest BCUT2D eigenvalue weighted by Gasteiger charge is 2.30. The zero-order chi connectivity index (χ0) is 28.1. The van der Waals surface area contributed by atoms with E-state index in [1.54, 1.807) is 6.07 Å². The molecule has 2 aromatic heterocycles. The monoisotopic (exact) mass is 546 g/mol. The number of hydrogen-bond donors (Lipinski definition) is 2. The fourth-order valence-electron chi connectivity index (χ4n) is 4.40. The normalized spacial score (nSPS) is 12.2.